The molecule has 2 amide bonds. The smallest absolute Gasteiger partial charge is 0.261 e. The average Bonchev–Trinajstić information content (AvgIpc) is 2.68. The van der Waals surface area contributed by atoms with E-state index in [1.807, 2.05) is 13.8 Å². The van der Waals surface area contributed by atoms with Crippen LogP contribution in [-0.4, -0.2) is 35.4 Å². The second-order valence-corrected chi connectivity index (χ2v) is 6.95. The molecule has 5 nitrogen and oxygen atoms in total. The number of benzene rings is 2. The Balaban J connectivity index is 2.21. The minimum absolute atomic E-state index is 0.0396. The van der Waals surface area contributed by atoms with Crippen LogP contribution < -0.4 is 10.1 Å². The standard InChI is InChI=1S/C22H26F2N2O3/c1-4-19(22(28)25-15(2)3)26(13-16-9-11-17(23)12-10-16)21(27)14-29-20-8-6-5-7-18(20)24/h5-12,15,19H,4,13-14H2,1-3H3,(H,25,28). The molecule has 0 aliphatic rings. The first-order chi connectivity index (χ1) is 13.8. The Hall–Kier alpha value is -2.96. The molecular formula is C22H26F2N2O3. The third-order valence-electron chi connectivity index (χ3n) is 4.27. The van der Waals surface area contributed by atoms with E-state index in [1.54, 1.807) is 25.1 Å². The van der Waals surface area contributed by atoms with Crippen molar-refractivity contribution in [3.8, 4) is 5.75 Å². The number of ether oxygens (including phenoxy) is 1. The summed E-state index contributed by atoms with van der Waals surface area (Å²) in [7, 11) is 0. The van der Waals surface area contributed by atoms with Crippen molar-refractivity contribution < 1.29 is 23.1 Å². The normalized spacial score (nSPS) is 11.8. The molecule has 29 heavy (non-hydrogen) atoms. The van der Waals surface area contributed by atoms with Crippen LogP contribution in [0.3, 0.4) is 0 Å². The summed E-state index contributed by atoms with van der Waals surface area (Å²) in [6, 6.07) is 10.7. The van der Waals surface area contributed by atoms with E-state index in [0.717, 1.165) is 0 Å². The topological polar surface area (TPSA) is 58.6 Å². The zero-order valence-corrected chi connectivity index (χ0v) is 16.8. The Morgan fingerprint density at radius 3 is 2.31 bits per heavy atom. The van der Waals surface area contributed by atoms with Gasteiger partial charge in [-0.1, -0.05) is 31.2 Å². The van der Waals surface area contributed by atoms with E-state index in [1.165, 1.54) is 35.2 Å². The fourth-order valence-electron chi connectivity index (χ4n) is 2.87. The van der Waals surface area contributed by atoms with Gasteiger partial charge in [-0.3, -0.25) is 9.59 Å². The van der Waals surface area contributed by atoms with Gasteiger partial charge in [-0.15, -0.1) is 0 Å². The molecular weight excluding hydrogens is 378 g/mol. The van der Waals surface area contributed by atoms with Gasteiger partial charge in [-0.25, -0.2) is 8.78 Å². The van der Waals surface area contributed by atoms with E-state index < -0.39 is 24.4 Å². The lowest BCUT2D eigenvalue weighted by Crippen LogP contribution is -2.51. The van der Waals surface area contributed by atoms with Crippen molar-refractivity contribution in [2.45, 2.75) is 45.8 Å². The van der Waals surface area contributed by atoms with Gasteiger partial charge in [0.15, 0.2) is 18.2 Å². The summed E-state index contributed by atoms with van der Waals surface area (Å²) < 4.78 is 32.3. The maximum absolute atomic E-state index is 13.8. The van der Waals surface area contributed by atoms with Crippen LogP contribution in [0.15, 0.2) is 48.5 Å². The third kappa shape index (κ3) is 6.55. The Bertz CT molecular complexity index is 825. The second kappa shape index (κ2) is 10.5. The highest BCUT2D eigenvalue weighted by Gasteiger charge is 2.29. The van der Waals surface area contributed by atoms with Crippen molar-refractivity contribution in [3.05, 3.63) is 65.7 Å². The molecule has 7 heteroatoms. The number of para-hydroxylation sites is 1. The largest absolute Gasteiger partial charge is 0.481 e. The van der Waals surface area contributed by atoms with Crippen LogP contribution in [0, 0.1) is 11.6 Å². The molecule has 0 saturated carbocycles. The van der Waals surface area contributed by atoms with Crippen LogP contribution in [-0.2, 0) is 16.1 Å². The number of hydrogen-bond acceptors (Lipinski definition) is 3. The summed E-state index contributed by atoms with van der Waals surface area (Å²) in [5.74, 6) is -1.76. The van der Waals surface area contributed by atoms with Crippen LogP contribution in [0.25, 0.3) is 0 Å². The Labute approximate surface area is 169 Å². The molecule has 0 aromatic heterocycles. The number of amides is 2. The highest BCUT2D eigenvalue weighted by Crippen LogP contribution is 2.17. The molecule has 2 rings (SSSR count). The number of carbonyl (C=O) groups is 2. The molecule has 1 N–H and O–H groups in total. The predicted octanol–water partition coefficient (Wildman–Crippen LogP) is 3.68. The van der Waals surface area contributed by atoms with Crippen molar-refractivity contribution in [2.24, 2.45) is 0 Å². The first kappa shape index (κ1) is 22.3. The van der Waals surface area contributed by atoms with Crippen LogP contribution in [0.1, 0.15) is 32.8 Å². The summed E-state index contributed by atoms with van der Waals surface area (Å²) in [5.41, 5.74) is 0.668. The molecule has 0 spiro atoms. The van der Waals surface area contributed by atoms with Crippen LogP contribution in [0.5, 0.6) is 5.75 Å². The van der Waals surface area contributed by atoms with Gasteiger partial charge in [0.05, 0.1) is 0 Å². The summed E-state index contributed by atoms with van der Waals surface area (Å²) >= 11 is 0. The fraction of sp³-hybridized carbons (Fsp3) is 0.364. The lowest BCUT2D eigenvalue weighted by molar-refractivity contribution is -0.143. The molecule has 1 atom stereocenters. The lowest BCUT2D eigenvalue weighted by atomic mass is 10.1. The molecule has 0 bridgehead atoms. The average molecular weight is 404 g/mol. The summed E-state index contributed by atoms with van der Waals surface area (Å²) in [6.07, 6.45) is 0.380. The quantitative estimate of drug-likeness (QED) is 0.694. The van der Waals surface area contributed by atoms with E-state index >= 15 is 0 Å². The summed E-state index contributed by atoms with van der Waals surface area (Å²) in [4.78, 5) is 26.9. The van der Waals surface area contributed by atoms with Gasteiger partial charge in [-0.05, 0) is 50.1 Å². The summed E-state index contributed by atoms with van der Waals surface area (Å²) in [6.45, 7) is 5.14. The fourth-order valence-corrected chi connectivity index (χ4v) is 2.87. The molecule has 1 unspecified atom stereocenters. The van der Waals surface area contributed by atoms with Crippen molar-refractivity contribution in [1.82, 2.24) is 10.2 Å². The highest BCUT2D eigenvalue weighted by molar-refractivity contribution is 5.88. The first-order valence-electron chi connectivity index (χ1n) is 9.53. The maximum atomic E-state index is 13.8. The highest BCUT2D eigenvalue weighted by atomic mass is 19.1. The van der Waals surface area contributed by atoms with Gasteiger partial charge in [0.2, 0.25) is 5.91 Å². The minimum Gasteiger partial charge on any atom is -0.481 e. The van der Waals surface area contributed by atoms with Gasteiger partial charge in [0.25, 0.3) is 5.91 Å². The molecule has 156 valence electrons. The van der Waals surface area contributed by atoms with Crippen LogP contribution >= 0.6 is 0 Å². The molecule has 0 fully saturated rings. The van der Waals surface area contributed by atoms with E-state index in [4.69, 9.17) is 4.74 Å². The van der Waals surface area contributed by atoms with Crippen molar-refractivity contribution >= 4 is 11.8 Å². The van der Waals surface area contributed by atoms with Crippen LogP contribution in [0.2, 0.25) is 0 Å². The lowest BCUT2D eigenvalue weighted by Gasteiger charge is -2.31. The van der Waals surface area contributed by atoms with Crippen molar-refractivity contribution in [2.75, 3.05) is 6.61 Å². The number of nitrogens with one attached hydrogen (secondary N) is 1. The molecule has 0 heterocycles. The van der Waals surface area contributed by atoms with E-state index in [9.17, 15) is 18.4 Å². The molecule has 2 aromatic carbocycles. The molecule has 0 radical (unpaired) electrons. The third-order valence-corrected chi connectivity index (χ3v) is 4.27. The van der Waals surface area contributed by atoms with Gasteiger partial charge in [-0.2, -0.15) is 0 Å². The predicted molar refractivity (Wildman–Crippen MR) is 106 cm³/mol. The van der Waals surface area contributed by atoms with Gasteiger partial charge in [0.1, 0.15) is 11.9 Å². The maximum Gasteiger partial charge on any atom is 0.261 e. The Morgan fingerprint density at radius 2 is 1.72 bits per heavy atom. The summed E-state index contributed by atoms with van der Waals surface area (Å²) in [5, 5.41) is 2.81. The van der Waals surface area contributed by atoms with Gasteiger partial charge < -0.3 is 15.0 Å². The Kier molecular flexibility index (Phi) is 8.12. The number of hydrogen-bond donors (Lipinski definition) is 1. The monoisotopic (exact) mass is 404 g/mol. The van der Waals surface area contributed by atoms with E-state index in [-0.39, 0.29) is 30.1 Å². The number of rotatable bonds is 9. The number of nitrogens with zero attached hydrogens (tertiary/aromatic N) is 1. The van der Waals surface area contributed by atoms with E-state index in [0.29, 0.717) is 12.0 Å². The van der Waals surface area contributed by atoms with Crippen molar-refractivity contribution in [1.29, 1.82) is 0 Å². The number of carbonyl (C=O) groups excluding carboxylic acids is 2. The van der Waals surface area contributed by atoms with Gasteiger partial charge in [0, 0.05) is 12.6 Å². The zero-order chi connectivity index (χ0) is 21.4. The molecule has 2 aromatic rings. The molecule has 0 aliphatic heterocycles. The van der Waals surface area contributed by atoms with Gasteiger partial charge >= 0.3 is 0 Å². The Morgan fingerprint density at radius 1 is 1.07 bits per heavy atom. The molecule has 0 aliphatic carbocycles. The molecule has 0 saturated heterocycles. The zero-order valence-electron chi connectivity index (χ0n) is 16.8. The van der Waals surface area contributed by atoms with Crippen molar-refractivity contribution in [3.63, 3.8) is 0 Å². The second-order valence-electron chi connectivity index (χ2n) is 6.95. The minimum atomic E-state index is -0.737. The van der Waals surface area contributed by atoms with E-state index in [2.05, 4.69) is 5.32 Å². The number of halogens is 2. The first-order valence-corrected chi connectivity index (χ1v) is 9.53. The SMILES string of the molecule is CCC(C(=O)NC(C)C)N(Cc1ccc(F)cc1)C(=O)COc1ccccc1F. The van der Waals surface area contributed by atoms with Crippen LogP contribution in [0.4, 0.5) is 8.78 Å².